The molecule has 1 heterocycles. The molecule has 0 aromatic heterocycles. The lowest BCUT2D eigenvalue weighted by Gasteiger charge is -2.07. The van der Waals surface area contributed by atoms with Crippen LogP contribution in [0.2, 0.25) is 0 Å². The Morgan fingerprint density at radius 3 is 3.11 bits per heavy atom. The van der Waals surface area contributed by atoms with E-state index in [0.717, 1.165) is 18.7 Å². The highest BCUT2D eigenvalue weighted by molar-refractivity contribution is 5.95. The standard InChI is InChI=1S/C14H20N2O3/c1-18-8-9-19-7-6-16-14(17)12-2-3-13-11(10-12)4-5-15-13/h2-3,10,15H,4-9H2,1H3,(H,16,17). The fourth-order valence-corrected chi connectivity index (χ4v) is 2.03. The predicted molar refractivity (Wildman–Crippen MR) is 73.7 cm³/mol. The van der Waals surface area contributed by atoms with E-state index in [-0.39, 0.29) is 5.91 Å². The summed E-state index contributed by atoms with van der Waals surface area (Å²) in [5.41, 5.74) is 3.06. The van der Waals surface area contributed by atoms with Gasteiger partial charge in [-0.1, -0.05) is 0 Å². The number of carbonyl (C=O) groups is 1. The lowest BCUT2D eigenvalue weighted by molar-refractivity contribution is 0.0692. The zero-order valence-corrected chi connectivity index (χ0v) is 11.2. The molecule has 0 aliphatic carbocycles. The fourth-order valence-electron chi connectivity index (χ4n) is 2.03. The Balaban J connectivity index is 1.74. The van der Waals surface area contributed by atoms with Crippen LogP contribution >= 0.6 is 0 Å². The number of fused-ring (bicyclic) bond motifs is 1. The van der Waals surface area contributed by atoms with Gasteiger partial charge in [0.05, 0.1) is 19.8 Å². The Bertz CT molecular complexity index is 435. The summed E-state index contributed by atoms with van der Waals surface area (Å²) in [4.78, 5) is 11.9. The number of carbonyl (C=O) groups excluding carboxylic acids is 1. The van der Waals surface area contributed by atoms with Gasteiger partial charge in [0.25, 0.3) is 5.91 Å². The molecule has 2 N–H and O–H groups in total. The van der Waals surface area contributed by atoms with Gasteiger partial charge >= 0.3 is 0 Å². The number of nitrogens with one attached hydrogen (secondary N) is 2. The van der Waals surface area contributed by atoms with Gasteiger partial charge in [-0.2, -0.15) is 0 Å². The van der Waals surface area contributed by atoms with Crippen molar-refractivity contribution in [1.29, 1.82) is 0 Å². The summed E-state index contributed by atoms with van der Waals surface area (Å²) >= 11 is 0. The van der Waals surface area contributed by atoms with E-state index < -0.39 is 0 Å². The highest BCUT2D eigenvalue weighted by Crippen LogP contribution is 2.22. The van der Waals surface area contributed by atoms with Crippen LogP contribution in [0.15, 0.2) is 18.2 Å². The third-order valence-corrected chi connectivity index (χ3v) is 3.04. The maximum absolute atomic E-state index is 11.9. The Morgan fingerprint density at radius 2 is 2.26 bits per heavy atom. The van der Waals surface area contributed by atoms with Crippen molar-refractivity contribution in [3.05, 3.63) is 29.3 Å². The van der Waals surface area contributed by atoms with Crippen molar-refractivity contribution in [2.24, 2.45) is 0 Å². The summed E-state index contributed by atoms with van der Waals surface area (Å²) in [5.74, 6) is -0.0509. The monoisotopic (exact) mass is 264 g/mol. The van der Waals surface area contributed by atoms with Gasteiger partial charge in [0.15, 0.2) is 0 Å². The maximum atomic E-state index is 11.9. The molecule has 1 aliphatic rings. The third-order valence-electron chi connectivity index (χ3n) is 3.04. The molecule has 0 radical (unpaired) electrons. The van der Waals surface area contributed by atoms with Gasteiger partial charge in [0, 0.05) is 31.5 Å². The number of amides is 1. The second-order valence-corrected chi connectivity index (χ2v) is 4.41. The first kappa shape index (κ1) is 13.8. The summed E-state index contributed by atoms with van der Waals surface area (Å²) in [6.07, 6.45) is 0.983. The average Bonchev–Trinajstić information content (AvgIpc) is 2.89. The smallest absolute Gasteiger partial charge is 0.251 e. The molecule has 0 unspecified atom stereocenters. The zero-order valence-electron chi connectivity index (χ0n) is 11.2. The van der Waals surface area contributed by atoms with Crippen LogP contribution in [0.5, 0.6) is 0 Å². The number of anilines is 1. The Kier molecular flexibility index (Phi) is 5.18. The van der Waals surface area contributed by atoms with Crippen molar-refractivity contribution in [2.45, 2.75) is 6.42 Å². The van der Waals surface area contributed by atoms with Crippen molar-refractivity contribution in [3.63, 3.8) is 0 Å². The molecule has 5 heteroatoms. The summed E-state index contributed by atoms with van der Waals surface area (Å²) in [6.45, 7) is 3.09. The minimum absolute atomic E-state index is 0.0509. The van der Waals surface area contributed by atoms with Crippen molar-refractivity contribution in [1.82, 2.24) is 5.32 Å². The van der Waals surface area contributed by atoms with E-state index in [0.29, 0.717) is 31.9 Å². The van der Waals surface area contributed by atoms with Crippen LogP contribution in [0.25, 0.3) is 0 Å². The first-order chi connectivity index (χ1) is 9.31. The topological polar surface area (TPSA) is 59.6 Å². The van der Waals surface area contributed by atoms with Crippen LogP contribution in [0.1, 0.15) is 15.9 Å². The molecule has 0 atom stereocenters. The van der Waals surface area contributed by atoms with E-state index in [9.17, 15) is 4.79 Å². The maximum Gasteiger partial charge on any atom is 0.251 e. The summed E-state index contributed by atoms with van der Waals surface area (Å²) < 4.78 is 10.1. The van der Waals surface area contributed by atoms with Crippen molar-refractivity contribution < 1.29 is 14.3 Å². The zero-order chi connectivity index (χ0) is 13.5. The van der Waals surface area contributed by atoms with Crippen molar-refractivity contribution in [2.75, 3.05) is 45.3 Å². The van der Waals surface area contributed by atoms with Gasteiger partial charge in [-0.25, -0.2) is 0 Å². The molecule has 1 amide bonds. The van der Waals surface area contributed by atoms with E-state index in [4.69, 9.17) is 9.47 Å². The molecule has 2 rings (SSSR count). The van der Waals surface area contributed by atoms with Gasteiger partial charge in [0.2, 0.25) is 0 Å². The lowest BCUT2D eigenvalue weighted by Crippen LogP contribution is -2.27. The van der Waals surface area contributed by atoms with E-state index >= 15 is 0 Å². The number of methoxy groups -OCH3 is 1. The van der Waals surface area contributed by atoms with Gasteiger partial charge < -0.3 is 20.1 Å². The highest BCUT2D eigenvalue weighted by Gasteiger charge is 2.12. The van der Waals surface area contributed by atoms with Crippen LogP contribution in [0.3, 0.4) is 0 Å². The molecule has 0 fully saturated rings. The van der Waals surface area contributed by atoms with Crippen LogP contribution in [-0.2, 0) is 15.9 Å². The first-order valence-corrected chi connectivity index (χ1v) is 6.53. The number of benzene rings is 1. The Labute approximate surface area is 113 Å². The largest absolute Gasteiger partial charge is 0.384 e. The molecule has 1 aromatic carbocycles. The van der Waals surface area contributed by atoms with Gasteiger partial charge in [-0.3, -0.25) is 4.79 Å². The second-order valence-electron chi connectivity index (χ2n) is 4.41. The van der Waals surface area contributed by atoms with Crippen molar-refractivity contribution >= 4 is 11.6 Å². The van der Waals surface area contributed by atoms with Crippen LogP contribution in [-0.4, -0.2) is 45.9 Å². The molecule has 1 aromatic rings. The highest BCUT2D eigenvalue weighted by atomic mass is 16.5. The number of hydrogen-bond donors (Lipinski definition) is 2. The molecule has 5 nitrogen and oxygen atoms in total. The molecule has 19 heavy (non-hydrogen) atoms. The van der Waals surface area contributed by atoms with Gasteiger partial charge in [0.1, 0.15) is 0 Å². The first-order valence-electron chi connectivity index (χ1n) is 6.53. The normalized spacial score (nSPS) is 12.9. The van der Waals surface area contributed by atoms with Crippen LogP contribution in [0.4, 0.5) is 5.69 Å². The molecule has 0 saturated heterocycles. The predicted octanol–water partition coefficient (Wildman–Crippen LogP) is 1.05. The lowest BCUT2D eigenvalue weighted by atomic mass is 10.1. The minimum atomic E-state index is -0.0509. The molecule has 104 valence electrons. The molecule has 0 bridgehead atoms. The minimum Gasteiger partial charge on any atom is -0.384 e. The average molecular weight is 264 g/mol. The molecule has 1 aliphatic heterocycles. The van der Waals surface area contributed by atoms with E-state index in [1.807, 2.05) is 18.2 Å². The quantitative estimate of drug-likeness (QED) is 0.723. The molecular weight excluding hydrogens is 244 g/mol. The summed E-state index contributed by atoms with van der Waals surface area (Å²) in [7, 11) is 1.63. The van der Waals surface area contributed by atoms with Gasteiger partial charge in [-0.05, 0) is 30.2 Å². The molecular formula is C14H20N2O3. The van der Waals surface area contributed by atoms with Crippen LogP contribution < -0.4 is 10.6 Å². The van der Waals surface area contributed by atoms with E-state index in [1.54, 1.807) is 7.11 Å². The Morgan fingerprint density at radius 1 is 1.37 bits per heavy atom. The van der Waals surface area contributed by atoms with Crippen LogP contribution in [0, 0.1) is 0 Å². The SMILES string of the molecule is COCCOCCNC(=O)c1ccc2c(c1)CCN2. The summed E-state index contributed by atoms with van der Waals surface area (Å²) in [5, 5.41) is 6.12. The Hall–Kier alpha value is -1.59. The fraction of sp³-hybridized carbons (Fsp3) is 0.500. The number of hydrogen-bond acceptors (Lipinski definition) is 4. The number of ether oxygens (including phenoxy) is 2. The molecule has 0 spiro atoms. The molecule has 0 saturated carbocycles. The van der Waals surface area contributed by atoms with E-state index in [2.05, 4.69) is 10.6 Å². The summed E-state index contributed by atoms with van der Waals surface area (Å²) in [6, 6.07) is 5.76. The van der Waals surface area contributed by atoms with Gasteiger partial charge in [-0.15, -0.1) is 0 Å². The number of rotatable bonds is 7. The second kappa shape index (κ2) is 7.11. The third kappa shape index (κ3) is 3.94. The van der Waals surface area contributed by atoms with E-state index in [1.165, 1.54) is 5.56 Å². The van der Waals surface area contributed by atoms with Crippen molar-refractivity contribution in [3.8, 4) is 0 Å².